The number of fused-ring (bicyclic) bond motifs is 1. The fourth-order valence-corrected chi connectivity index (χ4v) is 2.16. The lowest BCUT2D eigenvalue weighted by molar-refractivity contribution is 0.528. The van der Waals surface area contributed by atoms with Gasteiger partial charge in [0.2, 0.25) is 0 Å². The normalized spacial score (nSPS) is 11.3. The number of nitrogens with one attached hydrogen (secondary N) is 2. The standard InChI is InChI=1S/C13H14N4O2/c1-14-6-9-12(16-7-15-9)8-3-4-11-10(5-8)17(2)13(18)19-11/h3-5,7,14H,6H2,1-2H3,(H,15,16). The molecule has 0 fully saturated rings. The molecule has 2 heterocycles. The SMILES string of the molecule is CNCc1[nH]cnc1-c1ccc2oc(=O)n(C)c2c1. The lowest BCUT2D eigenvalue weighted by Crippen LogP contribution is -2.08. The van der Waals surface area contributed by atoms with Crippen LogP contribution in [-0.4, -0.2) is 21.6 Å². The fraction of sp³-hybridized carbons (Fsp3) is 0.231. The number of oxazole rings is 1. The Kier molecular flexibility index (Phi) is 2.72. The van der Waals surface area contributed by atoms with Gasteiger partial charge in [-0.05, 0) is 25.2 Å². The topological polar surface area (TPSA) is 75.8 Å². The van der Waals surface area contributed by atoms with E-state index in [9.17, 15) is 4.79 Å². The van der Waals surface area contributed by atoms with Crippen molar-refractivity contribution < 1.29 is 4.42 Å². The number of aromatic amines is 1. The molecule has 1 aromatic carbocycles. The number of aromatic nitrogens is 3. The van der Waals surface area contributed by atoms with Crippen molar-refractivity contribution >= 4 is 11.1 Å². The predicted octanol–water partition coefficient (Wildman–Crippen LogP) is 1.24. The van der Waals surface area contributed by atoms with E-state index >= 15 is 0 Å². The first-order chi connectivity index (χ1) is 9.20. The van der Waals surface area contributed by atoms with Gasteiger partial charge in [0.15, 0.2) is 5.58 Å². The molecule has 19 heavy (non-hydrogen) atoms. The second-order valence-corrected chi connectivity index (χ2v) is 4.37. The second kappa shape index (κ2) is 4.40. The van der Waals surface area contributed by atoms with Crippen molar-refractivity contribution in [2.75, 3.05) is 7.05 Å². The predicted molar refractivity (Wildman–Crippen MR) is 71.8 cm³/mol. The van der Waals surface area contributed by atoms with E-state index in [0.717, 1.165) is 22.5 Å². The Labute approximate surface area is 109 Å². The van der Waals surface area contributed by atoms with Gasteiger partial charge in [-0.1, -0.05) is 0 Å². The van der Waals surface area contributed by atoms with Crippen LogP contribution in [0.2, 0.25) is 0 Å². The molecular formula is C13H14N4O2. The van der Waals surface area contributed by atoms with Crippen molar-refractivity contribution in [3.63, 3.8) is 0 Å². The van der Waals surface area contributed by atoms with Crippen molar-refractivity contribution in [3.8, 4) is 11.3 Å². The van der Waals surface area contributed by atoms with Crippen LogP contribution in [0.15, 0.2) is 33.7 Å². The lowest BCUT2D eigenvalue weighted by atomic mass is 10.1. The highest BCUT2D eigenvalue weighted by Gasteiger charge is 2.11. The van der Waals surface area contributed by atoms with E-state index in [4.69, 9.17) is 4.42 Å². The van der Waals surface area contributed by atoms with Gasteiger partial charge in [-0.3, -0.25) is 4.57 Å². The molecule has 0 radical (unpaired) electrons. The molecule has 0 atom stereocenters. The zero-order valence-electron chi connectivity index (χ0n) is 10.7. The number of H-pyrrole nitrogens is 1. The van der Waals surface area contributed by atoms with Crippen molar-refractivity contribution in [3.05, 3.63) is 40.8 Å². The van der Waals surface area contributed by atoms with Crippen LogP contribution in [0.3, 0.4) is 0 Å². The lowest BCUT2D eigenvalue weighted by Gasteiger charge is -2.02. The summed E-state index contributed by atoms with van der Waals surface area (Å²) >= 11 is 0. The minimum Gasteiger partial charge on any atom is -0.408 e. The molecule has 0 bridgehead atoms. The van der Waals surface area contributed by atoms with Crippen LogP contribution in [0.5, 0.6) is 0 Å². The minimum absolute atomic E-state index is 0.357. The van der Waals surface area contributed by atoms with Gasteiger partial charge in [-0.15, -0.1) is 0 Å². The second-order valence-electron chi connectivity index (χ2n) is 4.37. The van der Waals surface area contributed by atoms with Crippen molar-refractivity contribution in [1.82, 2.24) is 19.9 Å². The highest BCUT2D eigenvalue weighted by molar-refractivity contribution is 5.80. The van der Waals surface area contributed by atoms with Crippen LogP contribution in [-0.2, 0) is 13.6 Å². The van der Waals surface area contributed by atoms with E-state index in [2.05, 4.69) is 15.3 Å². The van der Waals surface area contributed by atoms with Gasteiger partial charge in [0, 0.05) is 19.2 Å². The molecule has 0 spiro atoms. The van der Waals surface area contributed by atoms with Gasteiger partial charge in [0.25, 0.3) is 0 Å². The van der Waals surface area contributed by atoms with E-state index in [0.29, 0.717) is 12.1 Å². The van der Waals surface area contributed by atoms with Crippen molar-refractivity contribution in [1.29, 1.82) is 0 Å². The molecular weight excluding hydrogens is 244 g/mol. The number of benzene rings is 1. The summed E-state index contributed by atoms with van der Waals surface area (Å²) in [5.74, 6) is -0.357. The van der Waals surface area contributed by atoms with E-state index in [1.165, 1.54) is 4.57 Å². The summed E-state index contributed by atoms with van der Waals surface area (Å²) in [6.45, 7) is 0.706. The summed E-state index contributed by atoms with van der Waals surface area (Å²) in [4.78, 5) is 18.9. The quantitative estimate of drug-likeness (QED) is 0.741. The number of nitrogens with zero attached hydrogens (tertiary/aromatic N) is 2. The Morgan fingerprint density at radius 3 is 3.11 bits per heavy atom. The molecule has 0 amide bonds. The molecule has 98 valence electrons. The zero-order valence-corrected chi connectivity index (χ0v) is 10.7. The highest BCUT2D eigenvalue weighted by Crippen LogP contribution is 2.24. The first kappa shape index (κ1) is 11.7. The molecule has 6 nitrogen and oxygen atoms in total. The minimum atomic E-state index is -0.357. The molecule has 0 saturated carbocycles. The van der Waals surface area contributed by atoms with Gasteiger partial charge < -0.3 is 14.7 Å². The monoisotopic (exact) mass is 258 g/mol. The van der Waals surface area contributed by atoms with Gasteiger partial charge in [0.05, 0.1) is 23.2 Å². The third-order valence-electron chi connectivity index (χ3n) is 3.14. The molecule has 6 heteroatoms. The van der Waals surface area contributed by atoms with E-state index in [1.807, 2.05) is 19.2 Å². The maximum Gasteiger partial charge on any atom is 0.419 e. The molecule has 2 N–H and O–H groups in total. The number of hydrogen-bond acceptors (Lipinski definition) is 4. The van der Waals surface area contributed by atoms with E-state index in [1.54, 1.807) is 19.4 Å². The summed E-state index contributed by atoms with van der Waals surface area (Å²) in [6.07, 6.45) is 1.67. The molecule has 0 unspecified atom stereocenters. The third kappa shape index (κ3) is 1.86. The van der Waals surface area contributed by atoms with Crippen LogP contribution >= 0.6 is 0 Å². The number of aryl methyl sites for hydroxylation is 1. The Bertz CT molecular complexity index is 781. The van der Waals surface area contributed by atoms with Crippen molar-refractivity contribution in [2.45, 2.75) is 6.54 Å². The Hall–Kier alpha value is -2.34. The van der Waals surface area contributed by atoms with Crippen LogP contribution in [0.1, 0.15) is 5.69 Å². The average Bonchev–Trinajstić information content (AvgIpc) is 2.96. The summed E-state index contributed by atoms with van der Waals surface area (Å²) < 4.78 is 6.60. The molecule has 0 saturated heterocycles. The van der Waals surface area contributed by atoms with Crippen LogP contribution < -0.4 is 11.1 Å². The van der Waals surface area contributed by atoms with Gasteiger partial charge in [-0.25, -0.2) is 9.78 Å². The van der Waals surface area contributed by atoms with Gasteiger partial charge >= 0.3 is 5.76 Å². The third-order valence-corrected chi connectivity index (χ3v) is 3.14. The molecule has 0 aliphatic heterocycles. The first-order valence-corrected chi connectivity index (χ1v) is 5.97. The van der Waals surface area contributed by atoms with Gasteiger partial charge in [-0.2, -0.15) is 0 Å². The molecule has 3 rings (SSSR count). The Balaban J connectivity index is 2.17. The number of imidazole rings is 1. The molecule has 0 aliphatic carbocycles. The fourth-order valence-electron chi connectivity index (χ4n) is 2.16. The van der Waals surface area contributed by atoms with Crippen molar-refractivity contribution in [2.24, 2.45) is 7.05 Å². The smallest absolute Gasteiger partial charge is 0.408 e. The Morgan fingerprint density at radius 1 is 1.47 bits per heavy atom. The number of rotatable bonds is 3. The highest BCUT2D eigenvalue weighted by atomic mass is 16.4. The largest absolute Gasteiger partial charge is 0.419 e. The van der Waals surface area contributed by atoms with E-state index in [-0.39, 0.29) is 5.76 Å². The molecule has 3 aromatic rings. The number of hydrogen-bond donors (Lipinski definition) is 2. The maximum atomic E-state index is 11.5. The summed E-state index contributed by atoms with van der Waals surface area (Å²) in [5.41, 5.74) is 4.19. The van der Waals surface area contributed by atoms with Gasteiger partial charge in [0.1, 0.15) is 0 Å². The average molecular weight is 258 g/mol. The molecule has 2 aromatic heterocycles. The van der Waals surface area contributed by atoms with Crippen LogP contribution in [0, 0.1) is 0 Å². The van der Waals surface area contributed by atoms with E-state index < -0.39 is 0 Å². The van der Waals surface area contributed by atoms with Crippen LogP contribution in [0.25, 0.3) is 22.4 Å². The maximum absolute atomic E-state index is 11.5. The van der Waals surface area contributed by atoms with Crippen LogP contribution in [0.4, 0.5) is 0 Å². The Morgan fingerprint density at radius 2 is 2.32 bits per heavy atom. The zero-order chi connectivity index (χ0) is 13.4. The summed E-state index contributed by atoms with van der Waals surface area (Å²) in [6, 6.07) is 5.61. The summed E-state index contributed by atoms with van der Waals surface area (Å²) in [5, 5.41) is 3.09. The summed E-state index contributed by atoms with van der Waals surface area (Å²) in [7, 11) is 3.57. The molecule has 0 aliphatic rings. The first-order valence-electron chi connectivity index (χ1n) is 5.97.